The first-order valence-electron chi connectivity index (χ1n) is 11.9. The molecule has 0 saturated heterocycles. The zero-order chi connectivity index (χ0) is 24.2. The van der Waals surface area contributed by atoms with Gasteiger partial charge in [0.25, 0.3) is 0 Å². The van der Waals surface area contributed by atoms with Gasteiger partial charge in [-0.1, -0.05) is 105 Å². The highest BCUT2D eigenvalue weighted by Gasteiger charge is 2.30. The maximum absolute atomic E-state index is 12.7. The van der Waals surface area contributed by atoms with E-state index in [0.717, 1.165) is 23.1 Å². The Kier molecular flexibility index (Phi) is 10.1. The maximum Gasteiger partial charge on any atom is 0.407 e. The molecule has 0 heterocycles. The number of ether oxygens (including phenoxy) is 1. The Morgan fingerprint density at radius 3 is 1.74 bits per heavy atom. The lowest BCUT2D eigenvalue weighted by atomic mass is 9.95. The molecule has 0 saturated carbocycles. The van der Waals surface area contributed by atoms with E-state index < -0.39 is 6.09 Å². The van der Waals surface area contributed by atoms with Crippen molar-refractivity contribution in [2.45, 2.75) is 52.0 Å². The first-order valence-corrected chi connectivity index (χ1v) is 11.9. The van der Waals surface area contributed by atoms with E-state index in [0.29, 0.717) is 19.0 Å². The molecule has 0 radical (unpaired) electrons. The molecule has 34 heavy (non-hydrogen) atoms. The third kappa shape index (κ3) is 8.32. The summed E-state index contributed by atoms with van der Waals surface area (Å²) < 4.78 is 5.50. The van der Waals surface area contributed by atoms with E-state index in [-0.39, 0.29) is 25.3 Å². The summed E-state index contributed by atoms with van der Waals surface area (Å²) in [6, 6.07) is 29.5. The number of amides is 1. The molecule has 3 aromatic rings. The average Bonchev–Trinajstić information content (AvgIpc) is 2.85. The quantitative estimate of drug-likeness (QED) is 0.380. The molecular weight excluding hydrogens is 424 g/mol. The largest absolute Gasteiger partial charge is 0.445 e. The Hall–Kier alpha value is -3.15. The van der Waals surface area contributed by atoms with Gasteiger partial charge in [0.15, 0.2) is 0 Å². The molecule has 5 nitrogen and oxygen atoms in total. The van der Waals surface area contributed by atoms with Crippen molar-refractivity contribution in [1.29, 1.82) is 0 Å². The molecule has 2 N–H and O–H groups in total. The fourth-order valence-electron chi connectivity index (χ4n) is 4.16. The molecular formula is C29H36N2O3. The van der Waals surface area contributed by atoms with E-state index in [2.05, 4.69) is 48.3 Å². The third-order valence-corrected chi connectivity index (χ3v) is 5.82. The van der Waals surface area contributed by atoms with E-state index in [1.807, 2.05) is 66.7 Å². The van der Waals surface area contributed by atoms with Gasteiger partial charge in [-0.15, -0.1) is 0 Å². The minimum atomic E-state index is -0.465. The number of carbonyl (C=O) groups is 1. The minimum Gasteiger partial charge on any atom is -0.445 e. The van der Waals surface area contributed by atoms with Crippen LogP contribution in [0.15, 0.2) is 91.0 Å². The normalized spacial score (nSPS) is 13.0. The molecule has 0 spiro atoms. The predicted molar refractivity (Wildman–Crippen MR) is 136 cm³/mol. The fraction of sp³-hybridized carbons (Fsp3) is 0.345. The van der Waals surface area contributed by atoms with Crippen LogP contribution in [0.4, 0.5) is 4.79 Å². The monoisotopic (exact) mass is 460 g/mol. The molecule has 0 bridgehead atoms. The van der Waals surface area contributed by atoms with Crippen LogP contribution in [-0.4, -0.2) is 34.8 Å². The van der Waals surface area contributed by atoms with Crippen LogP contribution < -0.4 is 5.32 Å². The third-order valence-electron chi connectivity index (χ3n) is 5.82. The second kappa shape index (κ2) is 13.5. The predicted octanol–water partition coefficient (Wildman–Crippen LogP) is 5.39. The molecule has 5 heteroatoms. The van der Waals surface area contributed by atoms with E-state index >= 15 is 0 Å². The highest BCUT2D eigenvalue weighted by atomic mass is 16.5. The summed E-state index contributed by atoms with van der Waals surface area (Å²) in [6.07, 6.45) is 0.262. The second-order valence-corrected chi connectivity index (χ2v) is 9.07. The van der Waals surface area contributed by atoms with Crippen LogP contribution in [0.1, 0.15) is 37.0 Å². The number of benzene rings is 3. The van der Waals surface area contributed by atoms with Gasteiger partial charge >= 0.3 is 6.09 Å². The fourth-order valence-corrected chi connectivity index (χ4v) is 4.16. The summed E-state index contributed by atoms with van der Waals surface area (Å²) >= 11 is 0. The average molecular weight is 461 g/mol. The van der Waals surface area contributed by atoms with Crippen LogP contribution in [0, 0.1) is 5.92 Å². The highest BCUT2D eigenvalue weighted by Crippen LogP contribution is 2.20. The Labute approximate surface area is 203 Å². The van der Waals surface area contributed by atoms with Gasteiger partial charge in [-0.05, 0) is 29.0 Å². The topological polar surface area (TPSA) is 61.8 Å². The lowest BCUT2D eigenvalue weighted by Gasteiger charge is -2.37. The van der Waals surface area contributed by atoms with Crippen molar-refractivity contribution in [3.05, 3.63) is 108 Å². The second-order valence-electron chi connectivity index (χ2n) is 9.07. The van der Waals surface area contributed by atoms with Crippen molar-refractivity contribution >= 4 is 6.09 Å². The summed E-state index contributed by atoms with van der Waals surface area (Å²) in [7, 11) is 0. The molecule has 3 rings (SSSR count). The number of aliphatic hydroxyl groups is 1. The Balaban J connectivity index is 1.77. The molecule has 0 aliphatic carbocycles. The number of carbonyl (C=O) groups excluding carboxylic acids is 1. The van der Waals surface area contributed by atoms with Gasteiger partial charge in [-0.2, -0.15) is 0 Å². The number of aliphatic hydroxyl groups excluding tert-OH is 1. The number of hydrogen-bond donors (Lipinski definition) is 2. The molecule has 0 unspecified atom stereocenters. The van der Waals surface area contributed by atoms with Crippen molar-refractivity contribution in [1.82, 2.24) is 10.2 Å². The number of nitrogens with zero attached hydrogens (tertiary/aromatic N) is 1. The summed E-state index contributed by atoms with van der Waals surface area (Å²) in [5.41, 5.74) is 3.25. The van der Waals surface area contributed by atoms with Crippen molar-refractivity contribution in [2.75, 3.05) is 6.61 Å². The van der Waals surface area contributed by atoms with Gasteiger partial charge in [0, 0.05) is 13.1 Å². The van der Waals surface area contributed by atoms with Crippen molar-refractivity contribution in [3.63, 3.8) is 0 Å². The van der Waals surface area contributed by atoms with E-state index in [1.165, 1.54) is 0 Å². The smallest absolute Gasteiger partial charge is 0.407 e. The SMILES string of the molecule is CC(C)C[C@H](NC(=O)OCc1ccccc1)[C@H](CO)N(Cc1ccccc1)Cc1ccccc1. The van der Waals surface area contributed by atoms with Gasteiger partial charge in [-0.25, -0.2) is 4.79 Å². The lowest BCUT2D eigenvalue weighted by molar-refractivity contribution is 0.0681. The molecule has 180 valence electrons. The number of alkyl carbamates (subject to hydrolysis) is 1. The van der Waals surface area contributed by atoms with Crippen LogP contribution in [0.2, 0.25) is 0 Å². The van der Waals surface area contributed by atoms with Crippen LogP contribution in [0.5, 0.6) is 0 Å². The van der Waals surface area contributed by atoms with Crippen molar-refractivity contribution < 1.29 is 14.6 Å². The van der Waals surface area contributed by atoms with E-state index in [9.17, 15) is 9.90 Å². The van der Waals surface area contributed by atoms with Gasteiger partial charge in [0.2, 0.25) is 0 Å². The van der Waals surface area contributed by atoms with Gasteiger partial charge < -0.3 is 15.2 Å². The summed E-state index contributed by atoms with van der Waals surface area (Å²) in [5.74, 6) is 0.337. The van der Waals surface area contributed by atoms with Gasteiger partial charge in [-0.3, -0.25) is 4.90 Å². The first-order chi connectivity index (χ1) is 16.5. The Morgan fingerprint density at radius 1 is 0.824 bits per heavy atom. The molecule has 0 aliphatic rings. The maximum atomic E-state index is 12.7. The highest BCUT2D eigenvalue weighted by molar-refractivity contribution is 5.67. The molecule has 0 fully saturated rings. The lowest BCUT2D eigenvalue weighted by Crippen LogP contribution is -2.53. The van der Waals surface area contributed by atoms with Crippen molar-refractivity contribution in [2.24, 2.45) is 5.92 Å². The van der Waals surface area contributed by atoms with E-state index in [1.54, 1.807) is 0 Å². The summed E-state index contributed by atoms with van der Waals surface area (Å²) in [6.45, 7) is 5.71. The number of hydrogen-bond acceptors (Lipinski definition) is 4. The Bertz CT molecular complexity index is 923. The molecule has 1 amide bonds. The zero-order valence-electron chi connectivity index (χ0n) is 20.1. The van der Waals surface area contributed by atoms with Crippen LogP contribution in [0.25, 0.3) is 0 Å². The van der Waals surface area contributed by atoms with Crippen LogP contribution >= 0.6 is 0 Å². The zero-order valence-corrected chi connectivity index (χ0v) is 20.1. The summed E-state index contributed by atoms with van der Waals surface area (Å²) in [4.78, 5) is 15.0. The number of nitrogens with one attached hydrogen (secondary N) is 1. The van der Waals surface area contributed by atoms with Gasteiger partial charge in [0.05, 0.1) is 18.7 Å². The summed E-state index contributed by atoms with van der Waals surface area (Å²) in [5, 5.41) is 13.6. The molecule has 0 aromatic heterocycles. The Morgan fingerprint density at radius 2 is 1.29 bits per heavy atom. The van der Waals surface area contributed by atoms with Crippen molar-refractivity contribution in [3.8, 4) is 0 Å². The molecule has 3 aromatic carbocycles. The molecule has 0 aliphatic heterocycles. The number of rotatable bonds is 12. The first kappa shape index (κ1) is 25.5. The standard InChI is InChI=1S/C29H36N2O3/c1-23(2)18-27(30-29(33)34-22-26-16-10-5-11-17-26)28(21-32)31(19-24-12-6-3-7-13-24)20-25-14-8-4-9-15-25/h3-17,23,27-28,32H,18-22H2,1-2H3,(H,30,33)/t27-,28-/m0/s1. The van der Waals surface area contributed by atoms with E-state index in [4.69, 9.17) is 4.74 Å². The van der Waals surface area contributed by atoms with Crippen LogP contribution in [-0.2, 0) is 24.4 Å². The van der Waals surface area contributed by atoms with Gasteiger partial charge in [0.1, 0.15) is 6.61 Å². The minimum absolute atomic E-state index is 0.0734. The molecule has 2 atom stereocenters. The van der Waals surface area contributed by atoms with Crippen LogP contribution in [0.3, 0.4) is 0 Å².